The summed E-state index contributed by atoms with van der Waals surface area (Å²) in [5.74, 6) is 1.04. The van der Waals surface area contributed by atoms with E-state index in [1.165, 1.54) is 11.1 Å². The fraction of sp³-hybridized carbons (Fsp3) is 0.455. The summed E-state index contributed by atoms with van der Waals surface area (Å²) in [7, 11) is 1.74. The minimum Gasteiger partial charge on any atom is -0.496 e. The Morgan fingerprint density at radius 3 is 2.77 bits per heavy atom. The molecule has 0 saturated carbocycles. The Hall–Kier alpha value is -0.500. The number of hydrogen-bond donors (Lipinski definition) is 0. The number of methoxy groups -OCH3 is 1. The smallest absolute Gasteiger partial charge is 0.124 e. The summed E-state index contributed by atoms with van der Waals surface area (Å²) in [5.41, 5.74) is 2.52. The number of rotatable bonds is 4. The van der Waals surface area contributed by atoms with Crippen molar-refractivity contribution in [1.29, 1.82) is 0 Å². The van der Waals surface area contributed by atoms with Crippen molar-refractivity contribution < 1.29 is 4.74 Å². The van der Waals surface area contributed by atoms with Crippen LogP contribution in [-0.4, -0.2) is 12.4 Å². The Labute approximate surface area is 88.2 Å². The third-order valence-electron chi connectivity index (χ3n) is 2.08. The van der Waals surface area contributed by atoms with Crippen LogP contribution in [0.25, 0.3) is 0 Å². The van der Waals surface area contributed by atoms with Gasteiger partial charge in [0.1, 0.15) is 5.75 Å². The molecule has 0 heterocycles. The largest absolute Gasteiger partial charge is 0.496 e. The van der Waals surface area contributed by atoms with E-state index < -0.39 is 0 Å². The minimum absolute atomic E-state index is 1.04. The standard InChI is InChI=1S/C11H15BrO/c1-9-5-3-6-10(7-4-8-12)11(9)13-2/h3,5-6H,4,7-8H2,1-2H3. The van der Waals surface area contributed by atoms with Crippen LogP contribution in [-0.2, 0) is 6.42 Å². The maximum absolute atomic E-state index is 5.36. The predicted molar refractivity (Wildman–Crippen MR) is 59.8 cm³/mol. The van der Waals surface area contributed by atoms with Crippen molar-refractivity contribution in [2.75, 3.05) is 12.4 Å². The van der Waals surface area contributed by atoms with Gasteiger partial charge in [-0.05, 0) is 30.9 Å². The Balaban J connectivity index is 2.85. The molecule has 0 aromatic heterocycles. The van der Waals surface area contributed by atoms with Gasteiger partial charge >= 0.3 is 0 Å². The normalized spacial score (nSPS) is 10.1. The molecule has 0 aliphatic rings. The lowest BCUT2D eigenvalue weighted by atomic mass is 10.1. The molecule has 0 aliphatic heterocycles. The Bertz CT molecular complexity index is 271. The van der Waals surface area contributed by atoms with Crippen LogP contribution < -0.4 is 4.74 Å². The maximum atomic E-state index is 5.36. The zero-order chi connectivity index (χ0) is 9.68. The van der Waals surface area contributed by atoms with E-state index in [2.05, 4.69) is 41.1 Å². The highest BCUT2D eigenvalue weighted by atomic mass is 79.9. The first kappa shape index (κ1) is 10.6. The predicted octanol–water partition coefficient (Wildman–Crippen LogP) is 3.33. The van der Waals surface area contributed by atoms with E-state index in [1.807, 2.05) is 0 Å². The number of ether oxygens (including phenoxy) is 1. The van der Waals surface area contributed by atoms with E-state index in [4.69, 9.17) is 4.74 Å². The van der Waals surface area contributed by atoms with Gasteiger partial charge in [-0.3, -0.25) is 0 Å². The van der Waals surface area contributed by atoms with Gasteiger partial charge in [-0.25, -0.2) is 0 Å². The van der Waals surface area contributed by atoms with Gasteiger partial charge in [0.2, 0.25) is 0 Å². The second kappa shape index (κ2) is 5.28. The number of alkyl halides is 1. The van der Waals surface area contributed by atoms with Crippen molar-refractivity contribution in [1.82, 2.24) is 0 Å². The average Bonchev–Trinajstić information content (AvgIpc) is 2.15. The highest BCUT2D eigenvalue weighted by Crippen LogP contribution is 2.24. The van der Waals surface area contributed by atoms with E-state index >= 15 is 0 Å². The molecule has 1 nitrogen and oxygen atoms in total. The molecule has 0 radical (unpaired) electrons. The zero-order valence-electron chi connectivity index (χ0n) is 8.14. The quantitative estimate of drug-likeness (QED) is 0.737. The van der Waals surface area contributed by atoms with Crippen molar-refractivity contribution in [3.8, 4) is 5.75 Å². The van der Waals surface area contributed by atoms with E-state index in [1.54, 1.807) is 7.11 Å². The molecule has 0 spiro atoms. The summed E-state index contributed by atoms with van der Waals surface area (Å²) in [4.78, 5) is 0. The number of hydrogen-bond acceptors (Lipinski definition) is 1. The summed E-state index contributed by atoms with van der Waals surface area (Å²) >= 11 is 3.43. The van der Waals surface area contributed by atoms with Gasteiger partial charge in [0, 0.05) is 5.33 Å². The first-order valence-electron chi connectivity index (χ1n) is 4.48. The highest BCUT2D eigenvalue weighted by Gasteiger charge is 2.04. The molecule has 1 aromatic carbocycles. The average molecular weight is 243 g/mol. The SMILES string of the molecule is COc1c(C)cccc1CCCBr. The molecule has 0 unspecified atom stereocenters. The number of para-hydroxylation sites is 1. The van der Waals surface area contributed by atoms with Gasteiger partial charge in [-0.15, -0.1) is 0 Å². The zero-order valence-corrected chi connectivity index (χ0v) is 9.73. The second-order valence-electron chi connectivity index (χ2n) is 3.06. The molecule has 0 atom stereocenters. The van der Waals surface area contributed by atoms with Crippen LogP contribution >= 0.6 is 15.9 Å². The molecule has 0 bridgehead atoms. The Kier molecular flexibility index (Phi) is 4.29. The minimum atomic E-state index is 1.04. The lowest BCUT2D eigenvalue weighted by Gasteiger charge is -2.10. The molecule has 0 N–H and O–H groups in total. The molecule has 13 heavy (non-hydrogen) atoms. The molecule has 1 rings (SSSR count). The number of benzene rings is 1. The van der Waals surface area contributed by atoms with Crippen LogP contribution in [0.1, 0.15) is 17.5 Å². The van der Waals surface area contributed by atoms with Crippen LogP contribution in [0.3, 0.4) is 0 Å². The number of halogens is 1. The van der Waals surface area contributed by atoms with Crippen molar-refractivity contribution in [3.63, 3.8) is 0 Å². The fourth-order valence-electron chi connectivity index (χ4n) is 1.46. The van der Waals surface area contributed by atoms with Gasteiger partial charge in [0.25, 0.3) is 0 Å². The Morgan fingerprint density at radius 1 is 1.38 bits per heavy atom. The third-order valence-corrected chi connectivity index (χ3v) is 2.64. The van der Waals surface area contributed by atoms with Gasteiger partial charge in [0.15, 0.2) is 0 Å². The second-order valence-corrected chi connectivity index (χ2v) is 3.85. The lowest BCUT2D eigenvalue weighted by molar-refractivity contribution is 0.406. The first-order valence-corrected chi connectivity index (χ1v) is 5.60. The fourth-order valence-corrected chi connectivity index (χ4v) is 1.74. The van der Waals surface area contributed by atoms with Crippen LogP contribution in [0.4, 0.5) is 0 Å². The summed E-state index contributed by atoms with van der Waals surface area (Å²) in [6, 6.07) is 6.30. The molecule has 2 heteroatoms. The third kappa shape index (κ3) is 2.73. The molecule has 0 aliphatic carbocycles. The van der Waals surface area contributed by atoms with Gasteiger partial charge in [0.05, 0.1) is 7.11 Å². The van der Waals surface area contributed by atoms with E-state index in [-0.39, 0.29) is 0 Å². The van der Waals surface area contributed by atoms with Crippen molar-refractivity contribution >= 4 is 15.9 Å². The maximum Gasteiger partial charge on any atom is 0.124 e. The summed E-state index contributed by atoms with van der Waals surface area (Å²) < 4.78 is 5.36. The first-order chi connectivity index (χ1) is 6.29. The summed E-state index contributed by atoms with van der Waals surface area (Å²) in [6.45, 7) is 2.08. The molecule has 0 saturated heterocycles. The van der Waals surface area contributed by atoms with Crippen LogP contribution in [0.15, 0.2) is 18.2 Å². The van der Waals surface area contributed by atoms with Crippen molar-refractivity contribution in [2.45, 2.75) is 19.8 Å². The summed E-state index contributed by atoms with van der Waals surface area (Å²) in [5, 5.41) is 1.05. The van der Waals surface area contributed by atoms with Gasteiger partial charge < -0.3 is 4.74 Å². The highest BCUT2D eigenvalue weighted by molar-refractivity contribution is 9.09. The van der Waals surface area contributed by atoms with E-state index in [0.29, 0.717) is 0 Å². The number of aryl methyl sites for hydroxylation is 2. The van der Waals surface area contributed by atoms with Crippen LogP contribution in [0, 0.1) is 6.92 Å². The van der Waals surface area contributed by atoms with Gasteiger partial charge in [-0.2, -0.15) is 0 Å². The molecule has 1 aromatic rings. The molecule has 0 amide bonds. The lowest BCUT2D eigenvalue weighted by Crippen LogP contribution is -1.95. The van der Waals surface area contributed by atoms with E-state index in [0.717, 1.165) is 23.9 Å². The molecule has 0 fully saturated rings. The van der Waals surface area contributed by atoms with E-state index in [9.17, 15) is 0 Å². The van der Waals surface area contributed by atoms with Crippen LogP contribution in [0.2, 0.25) is 0 Å². The topological polar surface area (TPSA) is 9.23 Å². The molecule has 72 valence electrons. The van der Waals surface area contributed by atoms with Crippen LogP contribution in [0.5, 0.6) is 5.75 Å². The summed E-state index contributed by atoms with van der Waals surface area (Å²) in [6.07, 6.45) is 2.23. The molecular weight excluding hydrogens is 228 g/mol. The molecular formula is C11H15BrO. The monoisotopic (exact) mass is 242 g/mol. The van der Waals surface area contributed by atoms with Gasteiger partial charge in [-0.1, -0.05) is 34.1 Å². The Morgan fingerprint density at radius 2 is 2.15 bits per heavy atom. The van der Waals surface area contributed by atoms with Crippen molar-refractivity contribution in [2.24, 2.45) is 0 Å². The van der Waals surface area contributed by atoms with Crippen molar-refractivity contribution in [3.05, 3.63) is 29.3 Å².